The molecule has 8 heteroatoms. The smallest absolute Gasteiger partial charge is 0.173 e. The van der Waals surface area contributed by atoms with Crippen LogP contribution in [0, 0.1) is 5.92 Å². The van der Waals surface area contributed by atoms with E-state index in [4.69, 9.17) is 16.3 Å². The van der Waals surface area contributed by atoms with E-state index in [2.05, 4.69) is 43.0 Å². The van der Waals surface area contributed by atoms with E-state index in [-0.39, 0.29) is 0 Å². The molecule has 0 aliphatic heterocycles. The minimum absolute atomic E-state index is 0.411. The summed E-state index contributed by atoms with van der Waals surface area (Å²) in [5.74, 6) is 2.12. The maximum Gasteiger partial charge on any atom is 0.173 e. The highest BCUT2D eigenvalue weighted by Gasteiger charge is 2.39. The van der Waals surface area contributed by atoms with Crippen LogP contribution in [-0.2, 0) is 6.54 Å². The molecule has 1 fully saturated rings. The van der Waals surface area contributed by atoms with Gasteiger partial charge < -0.3 is 14.7 Å². The number of methoxy groups -OCH3 is 1. The minimum atomic E-state index is -0.559. The third-order valence-corrected chi connectivity index (χ3v) is 5.92. The number of hydrogen-bond donors (Lipinski definition) is 1. The number of rotatable bonds is 6. The fraction of sp³-hybridized carbons (Fsp3) is 0.400. The summed E-state index contributed by atoms with van der Waals surface area (Å²) in [6, 6.07) is 9.88. The normalized spacial score (nSPS) is 21.5. The van der Waals surface area contributed by atoms with Crippen LogP contribution in [0.2, 0.25) is 5.15 Å². The first-order chi connectivity index (χ1) is 13.3. The minimum Gasteiger partial charge on any atom is -0.497 e. The summed E-state index contributed by atoms with van der Waals surface area (Å²) in [5, 5.41) is 15.0. The van der Waals surface area contributed by atoms with Gasteiger partial charge >= 0.3 is 0 Å². The average molecular weight is 466 g/mol. The molecule has 0 radical (unpaired) electrons. The van der Waals surface area contributed by atoms with Crippen molar-refractivity contribution in [3.63, 3.8) is 0 Å². The Morgan fingerprint density at radius 3 is 2.71 bits per heavy atom. The standard InChI is InChI=1S/C20H22BrClN4O2/c1-20(27)8-14(9-20)12-25(11-13-3-5-15(28-2)6-4-13)18-7-17(22)24-19-16(21)10-23-26(18)19/h3-7,10,14,27H,8-9,11-12H2,1-2H3. The van der Waals surface area contributed by atoms with Gasteiger partial charge in [0.05, 0.1) is 23.4 Å². The molecule has 2 heterocycles. The fourth-order valence-electron chi connectivity index (χ4n) is 3.93. The highest BCUT2D eigenvalue weighted by Crippen LogP contribution is 2.39. The van der Waals surface area contributed by atoms with Gasteiger partial charge in [0.2, 0.25) is 0 Å². The van der Waals surface area contributed by atoms with Crippen LogP contribution < -0.4 is 9.64 Å². The molecule has 6 nitrogen and oxygen atoms in total. The van der Waals surface area contributed by atoms with Crippen LogP contribution in [0.25, 0.3) is 5.65 Å². The van der Waals surface area contributed by atoms with Gasteiger partial charge in [-0.3, -0.25) is 0 Å². The van der Waals surface area contributed by atoms with Crippen molar-refractivity contribution in [1.82, 2.24) is 14.6 Å². The van der Waals surface area contributed by atoms with Crippen molar-refractivity contribution in [3.8, 4) is 5.75 Å². The number of aliphatic hydroxyl groups is 1. The summed E-state index contributed by atoms with van der Waals surface area (Å²) in [7, 11) is 1.66. The molecule has 0 unspecified atom stereocenters. The SMILES string of the molecule is COc1ccc(CN(CC2CC(C)(O)C2)c2cc(Cl)nc3c(Br)cnn23)cc1. The average Bonchev–Trinajstić information content (AvgIpc) is 3.00. The second kappa shape index (κ2) is 7.54. The van der Waals surface area contributed by atoms with Gasteiger partial charge in [-0.05, 0) is 59.3 Å². The Morgan fingerprint density at radius 1 is 1.36 bits per heavy atom. The zero-order valence-corrected chi connectivity index (χ0v) is 18.1. The molecule has 1 aromatic carbocycles. The molecular formula is C20H22BrClN4O2. The molecular weight excluding hydrogens is 444 g/mol. The molecule has 1 aliphatic rings. The van der Waals surface area contributed by atoms with Crippen molar-refractivity contribution in [2.75, 3.05) is 18.6 Å². The zero-order valence-electron chi connectivity index (χ0n) is 15.8. The van der Waals surface area contributed by atoms with Crippen LogP contribution >= 0.6 is 27.5 Å². The van der Waals surface area contributed by atoms with Gasteiger partial charge in [-0.15, -0.1) is 0 Å². The highest BCUT2D eigenvalue weighted by atomic mass is 79.9. The Morgan fingerprint density at radius 2 is 2.07 bits per heavy atom. The maximum atomic E-state index is 10.1. The van der Waals surface area contributed by atoms with Crippen LogP contribution in [0.5, 0.6) is 5.75 Å². The molecule has 0 amide bonds. The summed E-state index contributed by atoms with van der Waals surface area (Å²) in [6.45, 7) is 3.38. The number of hydrogen-bond acceptors (Lipinski definition) is 5. The fourth-order valence-corrected chi connectivity index (χ4v) is 4.46. The number of halogens is 2. The largest absolute Gasteiger partial charge is 0.497 e. The molecule has 0 bridgehead atoms. The van der Waals surface area contributed by atoms with E-state index in [1.165, 1.54) is 0 Å². The molecule has 4 rings (SSSR count). The molecule has 0 atom stereocenters. The van der Waals surface area contributed by atoms with E-state index >= 15 is 0 Å². The van der Waals surface area contributed by atoms with E-state index in [0.717, 1.165) is 41.0 Å². The van der Waals surface area contributed by atoms with Gasteiger partial charge in [0.25, 0.3) is 0 Å². The highest BCUT2D eigenvalue weighted by molar-refractivity contribution is 9.10. The van der Waals surface area contributed by atoms with Crippen LogP contribution in [0.1, 0.15) is 25.3 Å². The first kappa shape index (κ1) is 19.5. The Labute approximate surface area is 177 Å². The molecule has 2 aromatic heterocycles. The Kier molecular flexibility index (Phi) is 5.24. The monoisotopic (exact) mass is 464 g/mol. The third-order valence-electron chi connectivity index (χ3n) is 5.17. The lowest BCUT2D eigenvalue weighted by atomic mass is 9.72. The van der Waals surface area contributed by atoms with Crippen LogP contribution in [0.15, 0.2) is 41.0 Å². The second-order valence-electron chi connectivity index (χ2n) is 7.66. The van der Waals surface area contributed by atoms with Gasteiger partial charge in [0, 0.05) is 19.2 Å². The van der Waals surface area contributed by atoms with Crippen molar-refractivity contribution in [3.05, 3.63) is 51.7 Å². The summed E-state index contributed by atoms with van der Waals surface area (Å²) in [4.78, 5) is 6.63. The Bertz CT molecular complexity index is 982. The molecule has 28 heavy (non-hydrogen) atoms. The second-order valence-corrected chi connectivity index (χ2v) is 8.91. The first-order valence-electron chi connectivity index (χ1n) is 9.15. The lowest BCUT2D eigenvalue weighted by molar-refractivity contribution is -0.0542. The van der Waals surface area contributed by atoms with E-state index in [1.807, 2.05) is 25.1 Å². The molecule has 0 spiro atoms. The maximum absolute atomic E-state index is 10.1. The van der Waals surface area contributed by atoms with Crippen molar-refractivity contribution in [2.24, 2.45) is 5.92 Å². The van der Waals surface area contributed by atoms with E-state index < -0.39 is 5.60 Å². The lowest BCUT2D eigenvalue weighted by Crippen LogP contribution is -2.46. The van der Waals surface area contributed by atoms with Gasteiger partial charge in [-0.2, -0.15) is 9.61 Å². The van der Waals surface area contributed by atoms with Gasteiger partial charge in [-0.1, -0.05) is 23.7 Å². The quantitative estimate of drug-likeness (QED) is 0.549. The lowest BCUT2D eigenvalue weighted by Gasteiger charge is -2.43. The summed E-state index contributed by atoms with van der Waals surface area (Å²) in [6.07, 6.45) is 3.30. The van der Waals surface area contributed by atoms with Crippen LogP contribution in [-0.4, -0.2) is 39.0 Å². The van der Waals surface area contributed by atoms with Crippen molar-refractivity contribution in [1.29, 1.82) is 0 Å². The third kappa shape index (κ3) is 3.97. The number of aromatic nitrogens is 3. The number of nitrogens with zero attached hydrogens (tertiary/aromatic N) is 4. The first-order valence-corrected chi connectivity index (χ1v) is 10.3. The molecule has 148 valence electrons. The van der Waals surface area contributed by atoms with Gasteiger partial charge in [0.15, 0.2) is 5.65 Å². The zero-order chi connectivity index (χ0) is 19.9. The predicted octanol–water partition coefficient (Wildman–Crippen LogP) is 4.32. The van der Waals surface area contributed by atoms with Crippen LogP contribution in [0.4, 0.5) is 5.82 Å². The Hall–Kier alpha value is -1.83. The van der Waals surface area contributed by atoms with Crippen LogP contribution in [0.3, 0.4) is 0 Å². The summed E-state index contributed by atoms with van der Waals surface area (Å²) in [5.41, 5.74) is 1.28. The number of benzene rings is 1. The molecule has 1 aliphatic carbocycles. The van der Waals surface area contributed by atoms with Crippen molar-refractivity contribution >= 4 is 39.0 Å². The molecule has 1 N–H and O–H groups in total. The summed E-state index contributed by atoms with van der Waals surface area (Å²) < 4.78 is 7.86. The Balaban J connectivity index is 1.68. The van der Waals surface area contributed by atoms with Gasteiger partial charge in [0.1, 0.15) is 16.7 Å². The van der Waals surface area contributed by atoms with E-state index in [9.17, 15) is 5.11 Å². The number of fused-ring (bicyclic) bond motifs is 1. The number of ether oxygens (including phenoxy) is 1. The number of anilines is 1. The molecule has 1 saturated carbocycles. The predicted molar refractivity (Wildman–Crippen MR) is 113 cm³/mol. The van der Waals surface area contributed by atoms with E-state index in [0.29, 0.717) is 23.3 Å². The molecule has 0 saturated heterocycles. The topological polar surface area (TPSA) is 62.9 Å². The summed E-state index contributed by atoms with van der Waals surface area (Å²) >= 11 is 9.80. The van der Waals surface area contributed by atoms with E-state index in [1.54, 1.807) is 17.8 Å². The van der Waals surface area contributed by atoms with Crippen molar-refractivity contribution < 1.29 is 9.84 Å². The van der Waals surface area contributed by atoms with Crippen molar-refractivity contribution in [2.45, 2.75) is 31.9 Å². The van der Waals surface area contributed by atoms with Gasteiger partial charge in [-0.25, -0.2) is 4.98 Å². The molecule has 3 aromatic rings.